The van der Waals surface area contributed by atoms with Crippen LogP contribution in [-0.4, -0.2) is 57.8 Å². The normalized spacial score (nSPS) is 10.9. The fraction of sp³-hybridized carbons (Fsp3) is 0.900. The van der Waals surface area contributed by atoms with Gasteiger partial charge in [0.15, 0.2) is 0 Å². The van der Waals surface area contributed by atoms with Gasteiger partial charge in [-0.05, 0) is 21.0 Å². The van der Waals surface area contributed by atoms with Crippen LogP contribution in [0.25, 0.3) is 0 Å². The lowest BCUT2D eigenvalue weighted by Crippen LogP contribution is -2.19. The third kappa shape index (κ3) is 11.6. The Balaban J connectivity index is 2.96. The van der Waals surface area contributed by atoms with Crippen molar-refractivity contribution in [3.63, 3.8) is 0 Å². The number of ketones is 1. The average Bonchev–Trinajstić information content (AvgIpc) is 2.08. The standard InChI is InChI=1S/C10H21NO3/c1-10(12)4-6-13-8-9-14-7-5-11(2)3/h4-9H2,1-3H3. The fourth-order valence-electron chi connectivity index (χ4n) is 0.785. The van der Waals surface area contributed by atoms with Crippen LogP contribution in [0.15, 0.2) is 0 Å². The van der Waals surface area contributed by atoms with Gasteiger partial charge in [-0.2, -0.15) is 0 Å². The topological polar surface area (TPSA) is 38.8 Å². The van der Waals surface area contributed by atoms with Gasteiger partial charge in [-0.1, -0.05) is 0 Å². The SMILES string of the molecule is CC(=O)CCOCCOCCN(C)C. The van der Waals surface area contributed by atoms with Crippen molar-refractivity contribution >= 4 is 5.78 Å². The highest BCUT2D eigenvalue weighted by atomic mass is 16.5. The number of nitrogens with zero attached hydrogens (tertiary/aromatic N) is 1. The van der Waals surface area contributed by atoms with Gasteiger partial charge in [0.2, 0.25) is 0 Å². The Morgan fingerprint density at radius 3 is 2.14 bits per heavy atom. The van der Waals surface area contributed by atoms with Crippen molar-refractivity contribution in [1.29, 1.82) is 0 Å². The highest BCUT2D eigenvalue weighted by molar-refractivity contribution is 5.75. The Bertz CT molecular complexity index is 148. The molecule has 0 amide bonds. The molecule has 0 spiro atoms. The van der Waals surface area contributed by atoms with Crippen LogP contribution in [0.5, 0.6) is 0 Å². The summed E-state index contributed by atoms with van der Waals surface area (Å²) in [6.07, 6.45) is 0.498. The van der Waals surface area contributed by atoms with Crippen molar-refractivity contribution in [3.05, 3.63) is 0 Å². The van der Waals surface area contributed by atoms with Gasteiger partial charge in [0.25, 0.3) is 0 Å². The van der Waals surface area contributed by atoms with Crippen LogP contribution in [-0.2, 0) is 14.3 Å². The summed E-state index contributed by atoms with van der Waals surface area (Å²) in [6.45, 7) is 4.90. The van der Waals surface area contributed by atoms with Crippen molar-refractivity contribution in [3.8, 4) is 0 Å². The Hall–Kier alpha value is -0.450. The minimum Gasteiger partial charge on any atom is -0.379 e. The third-order valence-corrected chi connectivity index (χ3v) is 1.65. The zero-order valence-corrected chi connectivity index (χ0v) is 9.41. The molecule has 0 heterocycles. The number of rotatable bonds is 9. The monoisotopic (exact) mass is 203 g/mol. The summed E-state index contributed by atoms with van der Waals surface area (Å²) < 4.78 is 10.5. The van der Waals surface area contributed by atoms with E-state index in [-0.39, 0.29) is 5.78 Å². The molecular weight excluding hydrogens is 182 g/mol. The van der Waals surface area contributed by atoms with Crippen LogP contribution in [0.1, 0.15) is 13.3 Å². The summed E-state index contributed by atoms with van der Waals surface area (Å²) in [5, 5.41) is 0. The molecule has 0 aromatic rings. The molecule has 0 aliphatic heterocycles. The summed E-state index contributed by atoms with van der Waals surface area (Å²) in [5.41, 5.74) is 0. The van der Waals surface area contributed by atoms with Gasteiger partial charge in [0, 0.05) is 13.0 Å². The van der Waals surface area contributed by atoms with E-state index in [1.54, 1.807) is 6.92 Å². The molecular formula is C10H21NO3. The molecule has 0 saturated heterocycles. The molecule has 0 saturated carbocycles. The van der Waals surface area contributed by atoms with E-state index in [0.717, 1.165) is 13.2 Å². The molecule has 0 aromatic heterocycles. The number of hydrogen-bond acceptors (Lipinski definition) is 4. The maximum absolute atomic E-state index is 10.5. The molecule has 0 fully saturated rings. The van der Waals surface area contributed by atoms with Crippen molar-refractivity contribution in [2.75, 3.05) is 47.1 Å². The average molecular weight is 203 g/mol. The second-order valence-corrected chi connectivity index (χ2v) is 3.48. The number of carbonyl (C=O) groups excluding carboxylic acids is 1. The van der Waals surface area contributed by atoms with E-state index < -0.39 is 0 Å². The van der Waals surface area contributed by atoms with Crippen LogP contribution in [0.2, 0.25) is 0 Å². The lowest BCUT2D eigenvalue weighted by molar-refractivity contribution is -0.118. The summed E-state index contributed by atoms with van der Waals surface area (Å²) >= 11 is 0. The van der Waals surface area contributed by atoms with Gasteiger partial charge >= 0.3 is 0 Å². The van der Waals surface area contributed by atoms with Crippen molar-refractivity contribution in [2.45, 2.75) is 13.3 Å². The van der Waals surface area contributed by atoms with E-state index in [4.69, 9.17) is 9.47 Å². The molecule has 0 N–H and O–H groups in total. The number of likely N-dealkylation sites (N-methyl/N-ethyl adjacent to an activating group) is 1. The van der Waals surface area contributed by atoms with Crippen molar-refractivity contribution < 1.29 is 14.3 Å². The van der Waals surface area contributed by atoms with Gasteiger partial charge in [0.1, 0.15) is 5.78 Å². The van der Waals surface area contributed by atoms with E-state index in [0.29, 0.717) is 26.2 Å². The predicted molar refractivity (Wildman–Crippen MR) is 55.5 cm³/mol. The quantitative estimate of drug-likeness (QED) is 0.513. The van der Waals surface area contributed by atoms with Gasteiger partial charge in [0.05, 0.1) is 26.4 Å². The van der Waals surface area contributed by atoms with E-state index in [1.165, 1.54) is 0 Å². The smallest absolute Gasteiger partial charge is 0.132 e. The van der Waals surface area contributed by atoms with Gasteiger partial charge in [-0.15, -0.1) is 0 Å². The molecule has 0 atom stereocenters. The second kappa shape index (κ2) is 9.12. The summed E-state index contributed by atoms with van der Waals surface area (Å²) in [7, 11) is 4.01. The largest absolute Gasteiger partial charge is 0.379 e. The summed E-state index contributed by atoms with van der Waals surface area (Å²) in [5.74, 6) is 0.165. The molecule has 84 valence electrons. The minimum absolute atomic E-state index is 0.165. The molecule has 0 aliphatic carbocycles. The number of hydrogen-bond donors (Lipinski definition) is 0. The maximum Gasteiger partial charge on any atom is 0.132 e. The van der Waals surface area contributed by atoms with Crippen LogP contribution >= 0.6 is 0 Å². The molecule has 0 bridgehead atoms. The molecule has 0 radical (unpaired) electrons. The molecule has 4 heteroatoms. The molecule has 0 aliphatic rings. The van der Waals surface area contributed by atoms with Gasteiger partial charge in [-0.3, -0.25) is 4.79 Å². The zero-order chi connectivity index (χ0) is 10.8. The molecule has 0 unspecified atom stereocenters. The molecule has 4 nitrogen and oxygen atoms in total. The first-order valence-corrected chi connectivity index (χ1v) is 4.92. The summed E-state index contributed by atoms with van der Waals surface area (Å²) in [4.78, 5) is 12.6. The summed E-state index contributed by atoms with van der Waals surface area (Å²) in [6, 6.07) is 0. The number of Topliss-reactive ketones (excluding diaryl/α,β-unsaturated/α-hetero) is 1. The molecule has 0 rings (SSSR count). The van der Waals surface area contributed by atoms with Gasteiger partial charge in [-0.25, -0.2) is 0 Å². The van der Waals surface area contributed by atoms with E-state index in [2.05, 4.69) is 4.90 Å². The number of carbonyl (C=O) groups is 1. The Labute approximate surface area is 86.2 Å². The first-order valence-electron chi connectivity index (χ1n) is 4.92. The van der Waals surface area contributed by atoms with Gasteiger partial charge < -0.3 is 14.4 Å². The highest BCUT2D eigenvalue weighted by Crippen LogP contribution is 1.85. The lowest BCUT2D eigenvalue weighted by atomic mass is 10.3. The third-order valence-electron chi connectivity index (χ3n) is 1.65. The fourth-order valence-corrected chi connectivity index (χ4v) is 0.785. The zero-order valence-electron chi connectivity index (χ0n) is 9.41. The van der Waals surface area contributed by atoms with Crippen LogP contribution in [0.4, 0.5) is 0 Å². The van der Waals surface area contributed by atoms with Crippen LogP contribution < -0.4 is 0 Å². The predicted octanol–water partition coefficient (Wildman–Crippen LogP) is 0.560. The second-order valence-electron chi connectivity index (χ2n) is 3.48. The minimum atomic E-state index is 0.165. The first-order chi connectivity index (χ1) is 6.63. The lowest BCUT2D eigenvalue weighted by Gasteiger charge is -2.09. The van der Waals surface area contributed by atoms with Crippen LogP contribution in [0.3, 0.4) is 0 Å². The van der Waals surface area contributed by atoms with Crippen molar-refractivity contribution in [1.82, 2.24) is 4.90 Å². The van der Waals surface area contributed by atoms with E-state index in [1.807, 2.05) is 14.1 Å². The van der Waals surface area contributed by atoms with Crippen LogP contribution in [0, 0.1) is 0 Å². The highest BCUT2D eigenvalue weighted by Gasteiger charge is 1.94. The molecule has 0 aromatic carbocycles. The van der Waals surface area contributed by atoms with Crippen molar-refractivity contribution in [2.24, 2.45) is 0 Å². The van der Waals surface area contributed by atoms with E-state index >= 15 is 0 Å². The Morgan fingerprint density at radius 2 is 1.64 bits per heavy atom. The number of ether oxygens (including phenoxy) is 2. The van der Waals surface area contributed by atoms with E-state index in [9.17, 15) is 4.79 Å². The molecule has 14 heavy (non-hydrogen) atoms. The first kappa shape index (κ1) is 13.5. The Morgan fingerprint density at radius 1 is 1.07 bits per heavy atom. The Kier molecular flexibility index (Phi) is 8.83. The maximum atomic E-state index is 10.5.